The molecule has 0 atom stereocenters. The molecule has 1 aliphatic heterocycles. The van der Waals surface area contributed by atoms with Crippen LogP contribution in [0.2, 0.25) is 0 Å². The van der Waals surface area contributed by atoms with Crippen molar-refractivity contribution in [3.8, 4) is 0 Å². The summed E-state index contributed by atoms with van der Waals surface area (Å²) in [5, 5.41) is 12.7. The van der Waals surface area contributed by atoms with Gasteiger partial charge in [-0.05, 0) is 30.2 Å². The summed E-state index contributed by atoms with van der Waals surface area (Å²) in [6, 6.07) is 9.81. The third kappa shape index (κ3) is 2.98. The van der Waals surface area contributed by atoms with E-state index in [1.807, 2.05) is 24.3 Å². The van der Waals surface area contributed by atoms with E-state index >= 15 is 0 Å². The number of anilines is 1. The van der Waals surface area contributed by atoms with E-state index in [0.717, 1.165) is 33.5 Å². The number of H-pyrrole nitrogens is 1. The first-order valence-corrected chi connectivity index (χ1v) is 8.52. The SMILES string of the molecule is O=C(O)C1=CN(C(=O)Nc2c(F)cccc2F)CCc2c1[nH]c1ccccc21. The third-order valence-corrected chi connectivity index (χ3v) is 4.66. The largest absolute Gasteiger partial charge is 0.478 e. The van der Waals surface area contributed by atoms with E-state index in [4.69, 9.17) is 0 Å². The van der Waals surface area contributed by atoms with Crippen molar-refractivity contribution < 1.29 is 23.5 Å². The van der Waals surface area contributed by atoms with Crippen molar-refractivity contribution in [1.29, 1.82) is 0 Å². The van der Waals surface area contributed by atoms with Crippen molar-refractivity contribution in [2.24, 2.45) is 0 Å². The van der Waals surface area contributed by atoms with Gasteiger partial charge in [0, 0.05) is 23.6 Å². The van der Waals surface area contributed by atoms with Gasteiger partial charge in [-0.15, -0.1) is 0 Å². The fraction of sp³-hybridized carbons (Fsp3) is 0.100. The zero-order valence-electron chi connectivity index (χ0n) is 14.5. The second kappa shape index (κ2) is 6.80. The van der Waals surface area contributed by atoms with E-state index in [2.05, 4.69) is 10.3 Å². The number of halogens is 2. The molecule has 0 fully saturated rings. The summed E-state index contributed by atoms with van der Waals surface area (Å²) in [7, 11) is 0. The van der Waals surface area contributed by atoms with E-state index in [1.54, 1.807) is 0 Å². The van der Waals surface area contributed by atoms with E-state index in [0.29, 0.717) is 12.1 Å². The Morgan fingerprint density at radius 2 is 1.79 bits per heavy atom. The van der Waals surface area contributed by atoms with Crippen LogP contribution in [0.3, 0.4) is 0 Å². The molecule has 1 aromatic heterocycles. The highest BCUT2D eigenvalue weighted by Crippen LogP contribution is 2.31. The predicted octanol–water partition coefficient (Wildman–Crippen LogP) is 3.96. The number of para-hydroxylation sites is 2. The first-order chi connectivity index (χ1) is 13.5. The highest BCUT2D eigenvalue weighted by atomic mass is 19.1. The van der Waals surface area contributed by atoms with Gasteiger partial charge in [-0.25, -0.2) is 18.4 Å². The standard InChI is InChI=1S/C20H15F2N3O3/c21-14-5-3-6-15(22)18(14)24-20(28)25-9-8-12-11-4-1-2-7-16(11)23-17(12)13(10-25)19(26)27/h1-7,10,23H,8-9H2,(H,24,28)(H,26,27). The van der Waals surface area contributed by atoms with Crippen molar-refractivity contribution in [1.82, 2.24) is 9.88 Å². The Kier molecular flexibility index (Phi) is 4.31. The molecule has 4 rings (SSSR count). The van der Waals surface area contributed by atoms with E-state index in [-0.39, 0.29) is 12.1 Å². The van der Waals surface area contributed by atoms with Gasteiger partial charge in [-0.3, -0.25) is 4.90 Å². The number of hydrogen-bond acceptors (Lipinski definition) is 2. The monoisotopic (exact) mass is 383 g/mol. The van der Waals surface area contributed by atoms with Gasteiger partial charge in [0.05, 0.1) is 11.3 Å². The lowest BCUT2D eigenvalue weighted by Crippen LogP contribution is -2.32. The summed E-state index contributed by atoms with van der Waals surface area (Å²) in [5.74, 6) is -3.05. The number of nitrogens with one attached hydrogen (secondary N) is 2. The quantitative estimate of drug-likeness (QED) is 0.626. The maximum Gasteiger partial charge on any atom is 0.339 e. The average Bonchev–Trinajstić information content (AvgIpc) is 2.91. The van der Waals surface area contributed by atoms with Crippen LogP contribution in [0.5, 0.6) is 0 Å². The Morgan fingerprint density at radius 1 is 1.07 bits per heavy atom. The van der Waals surface area contributed by atoms with Crippen LogP contribution in [0, 0.1) is 11.6 Å². The first-order valence-electron chi connectivity index (χ1n) is 8.52. The molecular formula is C20H15F2N3O3. The lowest BCUT2D eigenvalue weighted by atomic mass is 10.0. The minimum Gasteiger partial charge on any atom is -0.478 e. The Labute approximate surface area is 158 Å². The van der Waals surface area contributed by atoms with Crippen LogP contribution in [-0.4, -0.2) is 33.5 Å². The van der Waals surface area contributed by atoms with Crippen molar-refractivity contribution in [3.63, 3.8) is 0 Å². The van der Waals surface area contributed by atoms with Crippen molar-refractivity contribution in [3.05, 3.63) is 71.6 Å². The third-order valence-electron chi connectivity index (χ3n) is 4.66. The zero-order chi connectivity index (χ0) is 19.8. The van der Waals surface area contributed by atoms with E-state index in [1.165, 1.54) is 12.3 Å². The minimum atomic E-state index is -1.22. The number of fused-ring (bicyclic) bond motifs is 3. The van der Waals surface area contributed by atoms with Crippen molar-refractivity contribution in [2.75, 3.05) is 11.9 Å². The summed E-state index contributed by atoms with van der Waals surface area (Å²) >= 11 is 0. The normalized spacial score (nSPS) is 13.6. The maximum atomic E-state index is 13.8. The Bertz CT molecular complexity index is 1120. The van der Waals surface area contributed by atoms with Gasteiger partial charge >= 0.3 is 12.0 Å². The summed E-state index contributed by atoms with van der Waals surface area (Å²) in [6.07, 6.45) is 1.55. The topological polar surface area (TPSA) is 85.4 Å². The number of carboxylic acids is 1. The van der Waals surface area contributed by atoms with Crippen LogP contribution in [0.4, 0.5) is 19.3 Å². The van der Waals surface area contributed by atoms with Crippen LogP contribution in [-0.2, 0) is 11.2 Å². The van der Waals surface area contributed by atoms with Crippen LogP contribution in [0.15, 0.2) is 48.7 Å². The van der Waals surface area contributed by atoms with Gasteiger partial charge < -0.3 is 15.4 Å². The lowest BCUT2D eigenvalue weighted by Gasteiger charge is -2.18. The molecule has 6 nitrogen and oxygen atoms in total. The molecule has 0 radical (unpaired) electrons. The van der Waals surface area contributed by atoms with Gasteiger partial charge in [0.25, 0.3) is 0 Å². The zero-order valence-corrected chi connectivity index (χ0v) is 14.5. The number of benzene rings is 2. The molecule has 2 heterocycles. The molecule has 2 aromatic carbocycles. The molecule has 142 valence electrons. The number of rotatable bonds is 2. The summed E-state index contributed by atoms with van der Waals surface area (Å²) in [6.45, 7) is 0.146. The number of carbonyl (C=O) groups excluding carboxylic acids is 1. The van der Waals surface area contributed by atoms with Gasteiger partial charge in [0.2, 0.25) is 0 Å². The van der Waals surface area contributed by atoms with Crippen LogP contribution >= 0.6 is 0 Å². The molecule has 0 unspecified atom stereocenters. The molecular weight excluding hydrogens is 368 g/mol. The van der Waals surface area contributed by atoms with E-state index < -0.39 is 29.3 Å². The fourth-order valence-corrected chi connectivity index (χ4v) is 3.33. The fourth-order valence-electron chi connectivity index (χ4n) is 3.33. The molecule has 28 heavy (non-hydrogen) atoms. The number of aromatic amines is 1. The van der Waals surface area contributed by atoms with Crippen LogP contribution in [0.1, 0.15) is 11.3 Å². The molecule has 0 bridgehead atoms. The number of aromatic nitrogens is 1. The molecule has 8 heteroatoms. The molecule has 3 N–H and O–H groups in total. The molecule has 0 saturated heterocycles. The number of carbonyl (C=O) groups is 2. The molecule has 2 amide bonds. The second-order valence-corrected chi connectivity index (χ2v) is 6.34. The number of aliphatic carboxylic acids is 1. The summed E-state index contributed by atoms with van der Waals surface area (Å²) in [5.41, 5.74) is 1.31. The number of carboxylic acid groups (broad SMARTS) is 1. The average molecular weight is 383 g/mol. The summed E-state index contributed by atoms with van der Waals surface area (Å²) < 4.78 is 27.6. The van der Waals surface area contributed by atoms with E-state index in [9.17, 15) is 23.5 Å². The molecule has 0 saturated carbocycles. The molecule has 1 aliphatic rings. The Hall–Kier alpha value is -3.68. The van der Waals surface area contributed by atoms with Crippen molar-refractivity contribution in [2.45, 2.75) is 6.42 Å². The summed E-state index contributed by atoms with van der Waals surface area (Å²) in [4.78, 5) is 28.6. The molecule has 0 spiro atoms. The van der Waals surface area contributed by atoms with Gasteiger partial charge in [0.1, 0.15) is 17.3 Å². The number of urea groups is 1. The highest BCUT2D eigenvalue weighted by Gasteiger charge is 2.26. The minimum absolute atomic E-state index is 0.104. The lowest BCUT2D eigenvalue weighted by molar-refractivity contribution is -0.130. The van der Waals surface area contributed by atoms with Gasteiger partial charge in [0.15, 0.2) is 0 Å². The second-order valence-electron chi connectivity index (χ2n) is 6.34. The predicted molar refractivity (Wildman–Crippen MR) is 99.7 cm³/mol. The molecule has 0 aliphatic carbocycles. The number of amides is 2. The molecule has 3 aromatic rings. The van der Waals surface area contributed by atoms with Crippen LogP contribution in [0.25, 0.3) is 16.5 Å². The Balaban J connectivity index is 1.71. The smallest absolute Gasteiger partial charge is 0.339 e. The maximum absolute atomic E-state index is 13.8. The highest BCUT2D eigenvalue weighted by molar-refractivity contribution is 6.17. The first kappa shape index (κ1) is 17.7. The Morgan fingerprint density at radius 3 is 2.50 bits per heavy atom. The van der Waals surface area contributed by atoms with Gasteiger partial charge in [-0.1, -0.05) is 24.3 Å². The number of hydrogen-bond donors (Lipinski definition) is 3. The van der Waals surface area contributed by atoms with Gasteiger partial charge in [-0.2, -0.15) is 0 Å². The van der Waals surface area contributed by atoms with Crippen molar-refractivity contribution >= 4 is 34.2 Å². The van der Waals surface area contributed by atoms with Crippen LogP contribution < -0.4 is 5.32 Å². The number of nitrogens with zero attached hydrogens (tertiary/aromatic N) is 1.